The van der Waals surface area contributed by atoms with Crippen molar-refractivity contribution in [1.82, 2.24) is 5.53 Å². The second-order valence-corrected chi connectivity index (χ2v) is 3.39. The Morgan fingerprint density at radius 3 is 2.24 bits per heavy atom. The molecule has 1 aliphatic heterocycles. The summed E-state index contributed by atoms with van der Waals surface area (Å²) in [5.74, 6) is 0. The number of nitrogens with zero attached hydrogens (tertiary/aromatic N) is 2. The van der Waals surface area contributed by atoms with E-state index in [1.54, 1.807) is 0 Å². The summed E-state index contributed by atoms with van der Waals surface area (Å²) in [4.78, 5) is 0. The van der Waals surface area contributed by atoms with Crippen LogP contribution < -0.4 is 5.53 Å². The molecule has 3 nitrogen and oxygen atoms in total. The van der Waals surface area contributed by atoms with Gasteiger partial charge in [0.15, 0.2) is 0 Å². The number of rotatable bonds is 0. The molecule has 0 spiro atoms. The summed E-state index contributed by atoms with van der Waals surface area (Å²) < 4.78 is 0. The van der Waals surface area contributed by atoms with Gasteiger partial charge in [-0.2, -0.15) is 18.2 Å². The normalized spacial score (nSPS) is 15.5. The molecule has 1 heterocycles. The Morgan fingerprint density at radius 2 is 1.82 bits per heavy atom. The van der Waals surface area contributed by atoms with E-state index >= 15 is 0 Å². The zero-order valence-corrected chi connectivity index (χ0v) is 10.5. The van der Waals surface area contributed by atoms with Crippen molar-refractivity contribution in [3.63, 3.8) is 0 Å². The van der Waals surface area contributed by atoms with Gasteiger partial charge in [-0.1, -0.05) is 30.0 Å². The third kappa shape index (κ3) is 3.70. The largest absolute Gasteiger partial charge is 2.00 e. The standard InChI is InChI=1S/C8H8N3.C5H5.Fe/c1-6-8(10-11-9-6)7-4-2-3-5-7;1-2-4-5-3-1;/h2-5,11H,1H3;1-5H;/q2*-1;+2. The van der Waals surface area contributed by atoms with Crippen LogP contribution in [0.2, 0.25) is 0 Å². The van der Waals surface area contributed by atoms with Gasteiger partial charge in [-0.3, -0.25) is 0 Å². The van der Waals surface area contributed by atoms with E-state index in [0.29, 0.717) is 0 Å². The number of hydrogen-bond donors (Lipinski definition) is 1. The van der Waals surface area contributed by atoms with Gasteiger partial charge in [0, 0.05) is 5.71 Å². The van der Waals surface area contributed by atoms with Crippen molar-refractivity contribution in [2.24, 2.45) is 5.10 Å². The topological polar surface area (TPSA) is 38.5 Å². The van der Waals surface area contributed by atoms with Crippen molar-refractivity contribution < 1.29 is 17.1 Å². The maximum atomic E-state index is 4.02. The third-order valence-corrected chi connectivity index (χ3v) is 2.21. The summed E-state index contributed by atoms with van der Waals surface area (Å²) in [7, 11) is 0. The van der Waals surface area contributed by atoms with Crippen molar-refractivity contribution in [3.8, 4) is 0 Å². The SMILES string of the molecule is CC1=NN[N-]C1=C1C=CC=C1.[Fe+2].c1cc[cH-]c1. The molecule has 0 radical (unpaired) electrons. The first-order valence-corrected chi connectivity index (χ1v) is 5.14. The fraction of sp³-hybridized carbons (Fsp3) is 0.0769. The molecule has 0 saturated heterocycles. The molecule has 0 atom stereocenters. The number of hydrazone groups is 1. The molecule has 0 saturated carbocycles. The molecule has 0 unspecified atom stereocenters. The van der Waals surface area contributed by atoms with Gasteiger partial charge in [0.25, 0.3) is 0 Å². The van der Waals surface area contributed by atoms with E-state index in [0.717, 1.165) is 17.0 Å². The first kappa shape index (κ1) is 13.4. The summed E-state index contributed by atoms with van der Waals surface area (Å²) >= 11 is 0. The molecule has 3 rings (SSSR count). The summed E-state index contributed by atoms with van der Waals surface area (Å²) in [5.41, 5.74) is 9.61. The van der Waals surface area contributed by atoms with Gasteiger partial charge in [0.2, 0.25) is 0 Å². The molecule has 1 N–H and O–H groups in total. The zero-order valence-electron chi connectivity index (χ0n) is 9.44. The Kier molecular flexibility index (Phi) is 5.40. The fourth-order valence-electron chi connectivity index (χ4n) is 1.41. The average Bonchev–Trinajstić information content (AvgIpc) is 3.02. The van der Waals surface area contributed by atoms with E-state index in [4.69, 9.17) is 0 Å². The minimum absolute atomic E-state index is 0. The van der Waals surface area contributed by atoms with Gasteiger partial charge in [-0.25, -0.2) is 17.2 Å². The molecule has 88 valence electrons. The number of nitrogens with one attached hydrogen (secondary N) is 1. The van der Waals surface area contributed by atoms with E-state index in [2.05, 4.69) is 16.1 Å². The Bertz CT molecular complexity index is 422. The van der Waals surface area contributed by atoms with Gasteiger partial charge in [0.1, 0.15) is 0 Å². The van der Waals surface area contributed by atoms with E-state index in [-0.39, 0.29) is 17.1 Å². The van der Waals surface area contributed by atoms with Crippen LogP contribution in [-0.2, 0) is 17.1 Å². The number of hydrogen-bond acceptors (Lipinski definition) is 2. The molecule has 0 fully saturated rings. The summed E-state index contributed by atoms with van der Waals surface area (Å²) in [6.45, 7) is 1.94. The quantitative estimate of drug-likeness (QED) is 0.569. The second kappa shape index (κ2) is 6.84. The molecule has 17 heavy (non-hydrogen) atoms. The Balaban J connectivity index is 0.000000205. The number of allylic oxidation sites excluding steroid dienone is 6. The molecule has 0 amide bonds. The first-order chi connectivity index (χ1) is 7.88. The van der Waals surface area contributed by atoms with Gasteiger partial charge in [-0.05, 0) is 12.5 Å². The minimum atomic E-state index is 0. The monoisotopic (exact) mass is 267 g/mol. The maximum Gasteiger partial charge on any atom is 2.00 e. The van der Waals surface area contributed by atoms with Gasteiger partial charge in [-0.15, -0.1) is 0 Å². The van der Waals surface area contributed by atoms with Crippen LogP contribution in [0, 0.1) is 0 Å². The smallest absolute Gasteiger partial charge is 0.578 e. The van der Waals surface area contributed by atoms with E-state index < -0.39 is 0 Å². The Hall–Kier alpha value is -1.64. The fourth-order valence-corrected chi connectivity index (χ4v) is 1.41. The third-order valence-electron chi connectivity index (χ3n) is 2.21. The van der Waals surface area contributed by atoms with Crippen LogP contribution in [0.3, 0.4) is 0 Å². The molecule has 1 aliphatic carbocycles. The van der Waals surface area contributed by atoms with Crippen molar-refractivity contribution in [2.75, 3.05) is 0 Å². The van der Waals surface area contributed by atoms with Crippen LogP contribution in [0.1, 0.15) is 6.92 Å². The van der Waals surface area contributed by atoms with E-state index in [9.17, 15) is 0 Å². The van der Waals surface area contributed by atoms with Gasteiger partial charge in [0.05, 0.1) is 0 Å². The van der Waals surface area contributed by atoms with E-state index in [1.807, 2.05) is 61.6 Å². The van der Waals surface area contributed by atoms with Crippen molar-refractivity contribution in [3.05, 3.63) is 71.3 Å². The minimum Gasteiger partial charge on any atom is -0.578 e. The Labute approximate surface area is 112 Å². The molecule has 4 heteroatoms. The van der Waals surface area contributed by atoms with Crippen molar-refractivity contribution in [2.45, 2.75) is 6.92 Å². The maximum absolute atomic E-state index is 4.02. The van der Waals surface area contributed by atoms with Crippen molar-refractivity contribution >= 4 is 5.71 Å². The molecule has 1 aromatic carbocycles. The predicted molar refractivity (Wildman–Crippen MR) is 66.9 cm³/mol. The van der Waals surface area contributed by atoms with Gasteiger partial charge < -0.3 is 11.0 Å². The predicted octanol–water partition coefficient (Wildman–Crippen LogP) is 3.04. The van der Waals surface area contributed by atoms with Crippen molar-refractivity contribution in [1.29, 1.82) is 0 Å². The zero-order chi connectivity index (χ0) is 11.2. The van der Waals surface area contributed by atoms with Crippen LogP contribution in [0.4, 0.5) is 0 Å². The van der Waals surface area contributed by atoms with Crippen LogP contribution in [0.15, 0.2) is 71.0 Å². The molecular weight excluding hydrogens is 254 g/mol. The molecule has 0 bridgehead atoms. The van der Waals surface area contributed by atoms with Gasteiger partial charge >= 0.3 is 17.1 Å². The molecular formula is C13H13FeN3. The first-order valence-electron chi connectivity index (χ1n) is 5.14. The van der Waals surface area contributed by atoms with Crippen LogP contribution in [0.5, 0.6) is 0 Å². The molecule has 2 aliphatic rings. The van der Waals surface area contributed by atoms with E-state index in [1.165, 1.54) is 0 Å². The molecule has 1 aromatic rings. The summed E-state index contributed by atoms with van der Waals surface area (Å²) in [5, 5.41) is 3.94. The summed E-state index contributed by atoms with van der Waals surface area (Å²) in [6, 6.07) is 10.0. The average molecular weight is 267 g/mol. The second-order valence-electron chi connectivity index (χ2n) is 3.39. The van der Waals surface area contributed by atoms with Crippen LogP contribution >= 0.6 is 0 Å². The molecule has 0 aromatic heterocycles. The Morgan fingerprint density at radius 1 is 1.18 bits per heavy atom. The van der Waals surface area contributed by atoms with Crippen LogP contribution in [0.25, 0.3) is 5.43 Å². The summed E-state index contributed by atoms with van der Waals surface area (Å²) in [6.07, 6.45) is 8.02. The van der Waals surface area contributed by atoms with Crippen LogP contribution in [-0.4, -0.2) is 5.71 Å².